The highest BCUT2D eigenvalue weighted by atomic mass is 16.7. The summed E-state index contributed by atoms with van der Waals surface area (Å²) in [5.74, 6) is -4.72. The topological polar surface area (TPSA) is 248 Å². The van der Waals surface area contributed by atoms with Crippen LogP contribution < -0.4 is 0 Å². The summed E-state index contributed by atoms with van der Waals surface area (Å²) < 4.78 is 36.2. The van der Waals surface area contributed by atoms with Crippen LogP contribution in [0, 0.1) is 17.8 Å². The van der Waals surface area contributed by atoms with Crippen LogP contribution in [0.3, 0.4) is 0 Å². The van der Waals surface area contributed by atoms with Crippen molar-refractivity contribution in [2.24, 2.45) is 17.8 Å². The molecule has 16 nitrogen and oxygen atoms in total. The summed E-state index contributed by atoms with van der Waals surface area (Å²) >= 11 is 0. The minimum atomic E-state index is -1.68. The van der Waals surface area contributed by atoms with Crippen molar-refractivity contribution >= 4 is 17.9 Å². The molecule has 1 aromatic rings. The third kappa shape index (κ3) is 9.47. The van der Waals surface area contributed by atoms with Crippen LogP contribution in [0.15, 0.2) is 30.3 Å². The van der Waals surface area contributed by atoms with Crippen LogP contribution in [-0.4, -0.2) is 140 Å². The molecule has 1 aromatic carbocycles. The van der Waals surface area contributed by atoms with Crippen LogP contribution in [0.5, 0.6) is 0 Å². The zero-order valence-corrected chi connectivity index (χ0v) is 29.3. The normalized spacial score (nSPS) is 39.4. The molecule has 7 N–H and O–H groups in total. The number of carboxylic acids is 2. The number of carboxylic acid groups (broad SMARTS) is 2. The van der Waals surface area contributed by atoms with E-state index in [1.165, 1.54) is 19.1 Å². The fourth-order valence-electron chi connectivity index (χ4n) is 7.80. The van der Waals surface area contributed by atoms with Crippen LogP contribution in [0.2, 0.25) is 0 Å². The number of benzene rings is 1. The van der Waals surface area contributed by atoms with Gasteiger partial charge < -0.3 is 64.2 Å². The molecule has 2 heterocycles. The fraction of sp³-hybridized carbons (Fsp3) is 0.750. The molecule has 5 rings (SSSR count). The van der Waals surface area contributed by atoms with Crippen molar-refractivity contribution in [1.82, 2.24) is 0 Å². The lowest BCUT2D eigenvalue weighted by Crippen LogP contribution is -2.64. The fourth-order valence-corrected chi connectivity index (χ4v) is 7.80. The van der Waals surface area contributed by atoms with Crippen molar-refractivity contribution < 1.29 is 78.6 Å². The number of hydrogen-bond donors (Lipinski definition) is 7. The Balaban J connectivity index is 1.47. The smallest absolute Gasteiger partial charge is 0.338 e. The Labute approximate surface area is 301 Å². The highest BCUT2D eigenvalue weighted by Gasteiger charge is 2.53. The first-order chi connectivity index (χ1) is 24.8. The maximum Gasteiger partial charge on any atom is 0.338 e. The van der Waals surface area contributed by atoms with Gasteiger partial charge in [0.1, 0.15) is 36.6 Å². The van der Waals surface area contributed by atoms with E-state index in [-0.39, 0.29) is 30.7 Å². The molecule has 2 saturated heterocycles. The molecule has 2 aliphatic heterocycles. The molecule has 0 amide bonds. The van der Waals surface area contributed by atoms with Gasteiger partial charge in [0.2, 0.25) is 0 Å². The Bertz CT molecular complexity index is 1320. The molecule has 2 aliphatic carbocycles. The van der Waals surface area contributed by atoms with E-state index in [1.807, 2.05) is 0 Å². The number of hydrogen-bond acceptors (Lipinski definition) is 14. The van der Waals surface area contributed by atoms with Gasteiger partial charge in [0.15, 0.2) is 24.8 Å². The number of esters is 1. The van der Waals surface area contributed by atoms with Gasteiger partial charge in [-0.25, -0.2) is 9.59 Å². The Hall–Kier alpha value is -2.77. The number of rotatable bonds is 13. The summed E-state index contributed by atoms with van der Waals surface area (Å²) in [6, 6.07) is 7.87. The van der Waals surface area contributed by atoms with E-state index < -0.39 is 116 Å². The number of aliphatic hydroxyl groups is 5. The Kier molecular flexibility index (Phi) is 14.0. The molecule has 292 valence electrons. The maximum absolute atomic E-state index is 13.5. The lowest BCUT2D eigenvalue weighted by atomic mass is 9.78. The third-order valence-corrected chi connectivity index (χ3v) is 10.8. The van der Waals surface area contributed by atoms with Gasteiger partial charge in [-0.15, -0.1) is 0 Å². The average molecular weight is 741 g/mol. The first-order valence-corrected chi connectivity index (χ1v) is 18.1. The van der Waals surface area contributed by atoms with Crippen molar-refractivity contribution in [2.75, 3.05) is 6.61 Å². The van der Waals surface area contributed by atoms with Crippen LogP contribution in [0.4, 0.5) is 0 Å². The van der Waals surface area contributed by atoms with Gasteiger partial charge in [-0.3, -0.25) is 4.79 Å². The molecule has 16 heteroatoms. The summed E-state index contributed by atoms with van der Waals surface area (Å²) in [6.45, 7) is 2.42. The Morgan fingerprint density at radius 3 is 2.13 bits per heavy atom. The molecule has 0 bridgehead atoms. The summed E-state index contributed by atoms with van der Waals surface area (Å²) in [5, 5.41) is 73.3. The van der Waals surface area contributed by atoms with Crippen LogP contribution >= 0.6 is 0 Å². The quantitative estimate of drug-likeness (QED) is 0.138. The molecule has 0 radical (unpaired) electrons. The third-order valence-electron chi connectivity index (χ3n) is 10.8. The first kappa shape index (κ1) is 40.4. The molecule has 9 unspecified atom stereocenters. The first-order valence-electron chi connectivity index (χ1n) is 18.1. The summed E-state index contributed by atoms with van der Waals surface area (Å²) in [4.78, 5) is 38.3. The van der Waals surface area contributed by atoms with Gasteiger partial charge in [0, 0.05) is 0 Å². The van der Waals surface area contributed by atoms with Crippen molar-refractivity contribution in [3.05, 3.63) is 35.9 Å². The monoisotopic (exact) mass is 740 g/mol. The van der Waals surface area contributed by atoms with E-state index in [2.05, 4.69) is 0 Å². The lowest BCUT2D eigenvalue weighted by Gasteiger charge is -2.48. The second kappa shape index (κ2) is 18.0. The van der Waals surface area contributed by atoms with E-state index in [0.717, 1.165) is 32.1 Å². The molecule has 15 atom stereocenters. The highest BCUT2D eigenvalue weighted by molar-refractivity contribution is 5.89. The Morgan fingerprint density at radius 2 is 1.50 bits per heavy atom. The molecule has 0 spiro atoms. The number of aliphatic hydroxyl groups excluding tert-OH is 5. The van der Waals surface area contributed by atoms with E-state index in [9.17, 15) is 50.1 Å². The predicted octanol–water partition coefficient (Wildman–Crippen LogP) is 0.828. The van der Waals surface area contributed by atoms with Crippen molar-refractivity contribution in [3.63, 3.8) is 0 Å². The number of ether oxygens (including phenoxy) is 6. The van der Waals surface area contributed by atoms with Gasteiger partial charge in [-0.1, -0.05) is 57.2 Å². The molecule has 4 fully saturated rings. The van der Waals surface area contributed by atoms with E-state index in [0.29, 0.717) is 0 Å². The van der Waals surface area contributed by atoms with Gasteiger partial charge in [0.25, 0.3) is 0 Å². The van der Waals surface area contributed by atoms with Gasteiger partial charge >= 0.3 is 17.9 Å². The van der Waals surface area contributed by atoms with Gasteiger partial charge in [0.05, 0.1) is 36.4 Å². The predicted molar refractivity (Wildman–Crippen MR) is 177 cm³/mol. The summed E-state index contributed by atoms with van der Waals surface area (Å²) in [7, 11) is 0. The molecule has 0 aromatic heterocycles. The minimum Gasteiger partial charge on any atom is -0.481 e. The van der Waals surface area contributed by atoms with E-state index in [4.69, 9.17) is 28.4 Å². The molecule has 4 aliphatic rings. The lowest BCUT2D eigenvalue weighted by molar-refractivity contribution is -0.349. The van der Waals surface area contributed by atoms with Crippen molar-refractivity contribution in [2.45, 2.75) is 145 Å². The van der Waals surface area contributed by atoms with Crippen LogP contribution in [0.1, 0.15) is 75.6 Å². The SMILES string of the molecule is CC1CC(C(=O)O)C[C@@H](O[C@@H]2OC(CO)[C@H](O)C(O[C@@H](CC3CCCCC3)C(=O)O)C2OC(=O)c2ccccc2)C1O[C@@H]1OC(C)[C@@H](O)C(O)C1O. The average Bonchev–Trinajstić information content (AvgIpc) is 3.13. The number of carbonyl (C=O) groups excluding carboxylic acids is 1. The summed E-state index contributed by atoms with van der Waals surface area (Å²) in [5.41, 5.74) is 0.118. The second-order valence-corrected chi connectivity index (χ2v) is 14.6. The number of aliphatic carboxylic acids is 2. The van der Waals surface area contributed by atoms with Crippen LogP contribution in [-0.2, 0) is 38.0 Å². The molecular formula is C36H52O16. The maximum atomic E-state index is 13.5. The van der Waals surface area contributed by atoms with Crippen molar-refractivity contribution in [1.29, 1.82) is 0 Å². The Morgan fingerprint density at radius 1 is 0.808 bits per heavy atom. The molecule has 52 heavy (non-hydrogen) atoms. The highest BCUT2D eigenvalue weighted by Crippen LogP contribution is 2.39. The molecule has 2 saturated carbocycles. The van der Waals surface area contributed by atoms with E-state index >= 15 is 0 Å². The molecular weight excluding hydrogens is 688 g/mol. The van der Waals surface area contributed by atoms with Gasteiger partial charge in [-0.2, -0.15) is 0 Å². The second-order valence-electron chi connectivity index (χ2n) is 14.6. The van der Waals surface area contributed by atoms with Crippen LogP contribution in [0.25, 0.3) is 0 Å². The van der Waals surface area contributed by atoms with Crippen molar-refractivity contribution in [3.8, 4) is 0 Å². The summed E-state index contributed by atoms with van der Waals surface area (Å²) in [6.07, 6.45) is -14.0. The van der Waals surface area contributed by atoms with E-state index in [1.54, 1.807) is 25.1 Å². The minimum absolute atomic E-state index is 0.0483. The zero-order valence-electron chi connectivity index (χ0n) is 29.3. The zero-order chi connectivity index (χ0) is 37.7. The van der Waals surface area contributed by atoms with Gasteiger partial charge in [-0.05, 0) is 50.2 Å². The number of carbonyl (C=O) groups is 3. The largest absolute Gasteiger partial charge is 0.481 e. The standard InChI is InChI=1S/C36H52O16/c1-17-13-21(32(42)43)15-22(29(17)52-35-28(41)27(40)25(38)18(2)47-35)49-36-31(51-34(46)20-11-7-4-8-12-20)30(26(39)24(16-37)50-36)48-23(33(44)45)14-19-9-5-3-6-10-19/h4,7-8,11-12,17-19,21-31,35-41H,3,5-6,9-10,13-16H2,1-2H3,(H,42,43)(H,44,45)/t17?,18?,21?,22-,23+,24?,25-,26+,27?,28?,29?,30?,31?,35+,36-/m1/s1.